The highest BCUT2D eigenvalue weighted by Crippen LogP contribution is 2.16. The van der Waals surface area contributed by atoms with E-state index in [1.807, 2.05) is 36.4 Å². The van der Waals surface area contributed by atoms with Crippen molar-refractivity contribution in [3.8, 4) is 0 Å². The molecule has 0 atom stereocenters. The molecule has 2 heterocycles. The van der Waals surface area contributed by atoms with Gasteiger partial charge in [0.15, 0.2) is 5.65 Å². The van der Waals surface area contributed by atoms with E-state index < -0.39 is 11.5 Å². The molecule has 8 nitrogen and oxygen atoms in total. The summed E-state index contributed by atoms with van der Waals surface area (Å²) in [5.41, 5.74) is 0.951. The van der Waals surface area contributed by atoms with E-state index in [9.17, 15) is 9.59 Å². The van der Waals surface area contributed by atoms with E-state index in [1.165, 1.54) is 19.4 Å². The molecule has 0 saturated heterocycles. The lowest BCUT2D eigenvalue weighted by molar-refractivity contribution is 0.101. The van der Waals surface area contributed by atoms with Crippen molar-refractivity contribution in [1.82, 2.24) is 14.7 Å². The molecule has 8 heteroatoms. The molecule has 0 fully saturated rings. The Bertz CT molecular complexity index is 1220. The second-order valence-electron chi connectivity index (χ2n) is 6.12. The maximum Gasteiger partial charge on any atom is 0.297 e. The number of carbonyl (C=O) groups is 1. The van der Waals surface area contributed by atoms with Gasteiger partial charge in [0.1, 0.15) is 12.7 Å². The number of pyridine rings is 1. The number of hydrogen-bond donors (Lipinski definition) is 2. The maximum absolute atomic E-state index is 12.8. The predicted molar refractivity (Wildman–Crippen MR) is 110 cm³/mol. The molecule has 4 rings (SSSR count). The van der Waals surface area contributed by atoms with Crippen LogP contribution in [-0.4, -0.2) is 27.7 Å². The summed E-state index contributed by atoms with van der Waals surface area (Å²) < 4.78 is 0.979. The normalized spacial score (nSPS) is 10.5. The van der Waals surface area contributed by atoms with E-state index >= 15 is 0 Å². The molecule has 0 aliphatic heterocycles. The van der Waals surface area contributed by atoms with Crippen LogP contribution in [0.3, 0.4) is 0 Å². The highest BCUT2D eigenvalue weighted by Gasteiger charge is 2.18. The van der Waals surface area contributed by atoms with Gasteiger partial charge < -0.3 is 15.5 Å². The highest BCUT2D eigenvalue weighted by molar-refractivity contribution is 6.05. The van der Waals surface area contributed by atoms with E-state index in [4.69, 9.17) is 4.84 Å². The van der Waals surface area contributed by atoms with Crippen LogP contribution in [0.1, 0.15) is 10.4 Å². The topological polar surface area (TPSA) is 98.1 Å². The van der Waals surface area contributed by atoms with Gasteiger partial charge in [-0.2, -0.15) is 4.98 Å². The molecule has 0 unspecified atom stereocenters. The number of hydrogen-bond acceptors (Lipinski definition) is 6. The van der Waals surface area contributed by atoms with Gasteiger partial charge in [-0.05, 0) is 30.3 Å². The van der Waals surface area contributed by atoms with Crippen LogP contribution in [0.4, 0.5) is 17.3 Å². The van der Waals surface area contributed by atoms with Gasteiger partial charge in [0.2, 0.25) is 5.95 Å². The number of nitrogens with zero attached hydrogens (tertiary/aromatic N) is 3. The summed E-state index contributed by atoms with van der Waals surface area (Å²) in [4.78, 5) is 39.3. The van der Waals surface area contributed by atoms with Crippen molar-refractivity contribution in [3.05, 3.63) is 88.8 Å². The van der Waals surface area contributed by atoms with Crippen molar-refractivity contribution < 1.29 is 9.63 Å². The number of fused-ring (bicyclic) bond motifs is 1. The Kier molecular flexibility index (Phi) is 4.90. The smallest absolute Gasteiger partial charge is 0.297 e. The first-order valence-electron chi connectivity index (χ1n) is 8.81. The number of aromatic nitrogens is 3. The second kappa shape index (κ2) is 7.81. The van der Waals surface area contributed by atoms with Crippen LogP contribution in [0.5, 0.6) is 0 Å². The summed E-state index contributed by atoms with van der Waals surface area (Å²) in [6.07, 6.45) is 1.53. The van der Waals surface area contributed by atoms with Crippen LogP contribution in [0.25, 0.3) is 11.0 Å². The zero-order valence-electron chi connectivity index (χ0n) is 15.5. The van der Waals surface area contributed by atoms with Crippen molar-refractivity contribution >= 4 is 34.3 Å². The molecule has 2 N–H and O–H groups in total. The Balaban J connectivity index is 1.73. The molecule has 0 saturated carbocycles. The van der Waals surface area contributed by atoms with E-state index in [0.717, 1.165) is 10.4 Å². The van der Waals surface area contributed by atoms with Gasteiger partial charge in [-0.1, -0.05) is 36.4 Å². The molecule has 0 aliphatic rings. The molecule has 1 amide bonds. The van der Waals surface area contributed by atoms with Gasteiger partial charge in [-0.15, -0.1) is 4.73 Å². The predicted octanol–water partition coefficient (Wildman–Crippen LogP) is 2.85. The quantitative estimate of drug-likeness (QED) is 0.546. The van der Waals surface area contributed by atoms with Crippen molar-refractivity contribution in [2.75, 3.05) is 17.7 Å². The molecular weight excluding hydrogens is 370 g/mol. The number of para-hydroxylation sites is 2. The third-order valence-electron chi connectivity index (χ3n) is 4.19. The molecule has 0 spiro atoms. The Morgan fingerprint density at radius 3 is 2.31 bits per heavy atom. The van der Waals surface area contributed by atoms with Crippen LogP contribution >= 0.6 is 0 Å². The first kappa shape index (κ1) is 18.2. The summed E-state index contributed by atoms with van der Waals surface area (Å²) in [6, 6.07) is 19.7. The minimum absolute atomic E-state index is 0.0735. The van der Waals surface area contributed by atoms with E-state index in [0.29, 0.717) is 17.0 Å². The molecule has 2 aromatic carbocycles. The van der Waals surface area contributed by atoms with Gasteiger partial charge >= 0.3 is 0 Å². The molecule has 0 aliphatic carbocycles. The fourth-order valence-electron chi connectivity index (χ4n) is 2.83. The lowest BCUT2D eigenvalue weighted by Crippen LogP contribution is -2.32. The Hall–Kier alpha value is -4.20. The highest BCUT2D eigenvalue weighted by atomic mass is 16.6. The minimum atomic E-state index is -0.613. The first-order valence-corrected chi connectivity index (χ1v) is 8.81. The minimum Gasteiger partial charge on any atom is -0.412 e. The van der Waals surface area contributed by atoms with Crippen molar-refractivity contribution in [2.45, 2.75) is 0 Å². The largest absolute Gasteiger partial charge is 0.412 e. The maximum atomic E-state index is 12.8. The summed E-state index contributed by atoms with van der Waals surface area (Å²) in [5.74, 6) is -0.240. The van der Waals surface area contributed by atoms with Crippen LogP contribution < -0.4 is 21.0 Å². The van der Waals surface area contributed by atoms with E-state index in [1.54, 1.807) is 24.3 Å². The number of anilines is 3. The molecular formula is C21H17N5O3. The number of amides is 1. The van der Waals surface area contributed by atoms with Gasteiger partial charge in [-0.3, -0.25) is 9.59 Å². The van der Waals surface area contributed by atoms with Gasteiger partial charge in [0.05, 0.1) is 0 Å². The van der Waals surface area contributed by atoms with Crippen molar-refractivity contribution in [2.24, 2.45) is 0 Å². The standard InChI is InChI=1S/C21H17N5O3/c1-29-26-18-14(13-22-21(25-18)24-16-10-6-3-7-11-16)12-17(20(26)28)19(27)23-15-8-4-2-5-9-15/h2-13H,1H3,(H,23,27)(H,22,24,25). The zero-order valence-corrected chi connectivity index (χ0v) is 15.5. The number of rotatable bonds is 5. The molecule has 144 valence electrons. The molecule has 0 bridgehead atoms. The average molecular weight is 387 g/mol. The van der Waals surface area contributed by atoms with Gasteiger partial charge in [0, 0.05) is 23.0 Å². The zero-order chi connectivity index (χ0) is 20.2. The lowest BCUT2D eigenvalue weighted by Gasteiger charge is -2.12. The third-order valence-corrected chi connectivity index (χ3v) is 4.19. The third kappa shape index (κ3) is 3.77. The molecule has 0 radical (unpaired) electrons. The Morgan fingerprint density at radius 1 is 1.00 bits per heavy atom. The monoisotopic (exact) mass is 387 g/mol. The Morgan fingerprint density at radius 2 is 1.66 bits per heavy atom. The fourth-order valence-corrected chi connectivity index (χ4v) is 2.83. The van der Waals surface area contributed by atoms with Gasteiger partial charge in [-0.25, -0.2) is 4.98 Å². The fraction of sp³-hybridized carbons (Fsp3) is 0.0476. The first-order chi connectivity index (χ1) is 14.2. The van der Waals surface area contributed by atoms with Crippen LogP contribution in [0.2, 0.25) is 0 Å². The second-order valence-corrected chi connectivity index (χ2v) is 6.12. The van der Waals surface area contributed by atoms with Crippen molar-refractivity contribution in [3.63, 3.8) is 0 Å². The summed E-state index contributed by atoms with van der Waals surface area (Å²) in [5, 5.41) is 6.25. The van der Waals surface area contributed by atoms with E-state index in [2.05, 4.69) is 20.6 Å². The van der Waals surface area contributed by atoms with Crippen molar-refractivity contribution in [1.29, 1.82) is 0 Å². The van der Waals surface area contributed by atoms with E-state index in [-0.39, 0.29) is 11.2 Å². The molecule has 2 aromatic heterocycles. The molecule has 29 heavy (non-hydrogen) atoms. The Labute approximate surface area is 165 Å². The summed E-state index contributed by atoms with van der Waals surface area (Å²) in [6.45, 7) is 0. The summed E-state index contributed by atoms with van der Waals surface area (Å²) in [7, 11) is 1.34. The number of nitrogens with one attached hydrogen (secondary N) is 2. The average Bonchev–Trinajstić information content (AvgIpc) is 2.75. The van der Waals surface area contributed by atoms with Gasteiger partial charge in [0.25, 0.3) is 11.5 Å². The van der Waals surface area contributed by atoms with Crippen LogP contribution in [0.15, 0.2) is 77.7 Å². The number of benzene rings is 2. The lowest BCUT2D eigenvalue weighted by atomic mass is 10.2. The summed E-state index contributed by atoms with van der Waals surface area (Å²) >= 11 is 0. The van der Waals surface area contributed by atoms with Crippen LogP contribution in [0, 0.1) is 0 Å². The SMILES string of the molecule is COn1c(=O)c(C(=O)Nc2ccccc2)cc2cnc(Nc3ccccc3)nc21. The molecule has 4 aromatic rings. The number of carbonyl (C=O) groups excluding carboxylic acids is 1. The van der Waals surface area contributed by atoms with Crippen LogP contribution in [-0.2, 0) is 0 Å².